The van der Waals surface area contributed by atoms with E-state index in [2.05, 4.69) is 10.1 Å². The van der Waals surface area contributed by atoms with Crippen LogP contribution in [0.3, 0.4) is 0 Å². The quantitative estimate of drug-likeness (QED) is 0.571. The molecule has 2 aliphatic rings. The summed E-state index contributed by atoms with van der Waals surface area (Å²) in [7, 11) is 0. The van der Waals surface area contributed by atoms with Gasteiger partial charge in [-0.1, -0.05) is 12.1 Å². The van der Waals surface area contributed by atoms with Gasteiger partial charge >= 0.3 is 6.36 Å². The fourth-order valence-electron chi connectivity index (χ4n) is 4.22. The highest BCUT2D eigenvalue weighted by Gasteiger charge is 2.43. The van der Waals surface area contributed by atoms with Crippen LogP contribution in [0.1, 0.15) is 37.5 Å². The van der Waals surface area contributed by atoms with E-state index in [1.807, 2.05) is 26.8 Å². The van der Waals surface area contributed by atoms with Gasteiger partial charge in [0.15, 0.2) is 0 Å². The minimum Gasteiger partial charge on any atom is -0.405 e. The van der Waals surface area contributed by atoms with E-state index in [1.165, 1.54) is 24.3 Å². The van der Waals surface area contributed by atoms with Crippen LogP contribution in [0.2, 0.25) is 0 Å². The topological polar surface area (TPSA) is 75.7 Å². The van der Waals surface area contributed by atoms with Crippen LogP contribution < -0.4 is 15.0 Å². The van der Waals surface area contributed by atoms with Crippen LogP contribution in [-0.2, 0) is 15.0 Å². The number of likely N-dealkylation sites (N-methyl/N-ethyl adjacent to an activating group) is 1. The third kappa shape index (κ3) is 4.18. The minimum absolute atomic E-state index is 0.0827. The Bertz CT molecular complexity index is 1270. The molecule has 178 valence electrons. The Balaban J connectivity index is 1.90. The number of anilines is 1. The van der Waals surface area contributed by atoms with E-state index in [-0.39, 0.29) is 16.4 Å². The van der Waals surface area contributed by atoms with E-state index in [4.69, 9.17) is 0 Å². The van der Waals surface area contributed by atoms with Gasteiger partial charge in [0, 0.05) is 17.8 Å². The third-order valence-corrected chi connectivity index (χ3v) is 6.67. The Morgan fingerprint density at radius 2 is 1.82 bits per heavy atom. The van der Waals surface area contributed by atoms with Gasteiger partial charge in [0.25, 0.3) is 11.1 Å². The predicted molar refractivity (Wildman–Crippen MR) is 123 cm³/mol. The summed E-state index contributed by atoms with van der Waals surface area (Å²) >= 11 is 0.713. The number of benzene rings is 2. The fraction of sp³-hybridized carbons (Fsp3) is 0.292. The van der Waals surface area contributed by atoms with Crippen LogP contribution in [0, 0.1) is 6.92 Å². The summed E-state index contributed by atoms with van der Waals surface area (Å²) in [6.07, 6.45) is -3.49. The molecule has 2 aromatic carbocycles. The maximum absolute atomic E-state index is 13.2. The summed E-state index contributed by atoms with van der Waals surface area (Å²) in [6, 6.07) is 7.55. The van der Waals surface area contributed by atoms with E-state index in [1.54, 1.807) is 17.9 Å². The van der Waals surface area contributed by atoms with Gasteiger partial charge in [0.2, 0.25) is 5.91 Å². The lowest BCUT2D eigenvalue weighted by Crippen LogP contribution is -2.35. The molecule has 0 unspecified atom stereocenters. The zero-order chi connectivity index (χ0) is 25.0. The first-order valence-electron chi connectivity index (χ1n) is 10.4. The largest absolute Gasteiger partial charge is 0.573 e. The van der Waals surface area contributed by atoms with Crippen LogP contribution in [0.25, 0.3) is 17.2 Å². The molecule has 3 amide bonds. The fourth-order valence-corrected chi connectivity index (χ4v) is 4.90. The van der Waals surface area contributed by atoms with Crippen molar-refractivity contribution in [3.05, 3.63) is 51.9 Å². The average Bonchev–Trinajstić information content (AvgIpc) is 3.14. The maximum Gasteiger partial charge on any atom is 0.573 e. The number of carbonyl (C=O) groups is 3. The number of alkyl halides is 3. The summed E-state index contributed by atoms with van der Waals surface area (Å²) in [5.74, 6) is -1.06. The molecule has 0 aromatic heterocycles. The van der Waals surface area contributed by atoms with E-state index in [9.17, 15) is 27.6 Å². The van der Waals surface area contributed by atoms with Gasteiger partial charge in [-0.2, -0.15) is 0 Å². The lowest BCUT2D eigenvalue weighted by atomic mass is 9.84. The number of thioether (sulfide) groups is 1. The maximum atomic E-state index is 13.2. The molecule has 0 aliphatic carbocycles. The highest BCUT2D eigenvalue weighted by atomic mass is 32.2. The van der Waals surface area contributed by atoms with Crippen molar-refractivity contribution in [2.75, 3.05) is 11.4 Å². The van der Waals surface area contributed by atoms with Gasteiger partial charge in [0.05, 0.1) is 10.3 Å². The van der Waals surface area contributed by atoms with Gasteiger partial charge in [-0.15, -0.1) is 13.2 Å². The second-order valence-corrected chi connectivity index (χ2v) is 9.53. The molecule has 2 heterocycles. The number of imide groups is 1. The number of fused-ring (bicyclic) bond motifs is 1. The van der Waals surface area contributed by atoms with Crippen LogP contribution in [0.5, 0.6) is 5.75 Å². The van der Waals surface area contributed by atoms with Crippen molar-refractivity contribution in [1.82, 2.24) is 5.32 Å². The first-order valence-corrected chi connectivity index (χ1v) is 11.3. The Morgan fingerprint density at radius 3 is 2.41 bits per heavy atom. The molecule has 0 atom stereocenters. The minimum atomic E-state index is -4.92. The second-order valence-electron chi connectivity index (χ2n) is 8.51. The van der Waals surface area contributed by atoms with E-state index in [0.29, 0.717) is 40.7 Å². The highest BCUT2D eigenvalue weighted by molar-refractivity contribution is 8.18. The Morgan fingerprint density at radius 1 is 1.12 bits per heavy atom. The van der Waals surface area contributed by atoms with Crippen molar-refractivity contribution in [2.45, 2.75) is 39.5 Å². The lowest BCUT2D eigenvalue weighted by molar-refractivity contribution is -0.274. The molecule has 2 aromatic rings. The number of hydrogen-bond donors (Lipinski definition) is 1. The highest BCUT2D eigenvalue weighted by Crippen LogP contribution is 2.46. The molecule has 1 N–H and O–H groups in total. The molecule has 2 aliphatic heterocycles. The molecular formula is C24H21F3N2O4S. The zero-order valence-corrected chi connectivity index (χ0v) is 19.6. The van der Waals surface area contributed by atoms with Crippen molar-refractivity contribution in [1.29, 1.82) is 0 Å². The van der Waals surface area contributed by atoms with Crippen molar-refractivity contribution < 1.29 is 32.3 Å². The Labute approximate surface area is 198 Å². The Kier molecular flexibility index (Phi) is 5.75. The summed E-state index contributed by atoms with van der Waals surface area (Å²) in [5, 5.41) is 1.62. The van der Waals surface area contributed by atoms with Gasteiger partial charge in [-0.3, -0.25) is 19.7 Å². The number of nitrogens with one attached hydrogen (secondary N) is 1. The molecule has 1 saturated heterocycles. The molecule has 10 heteroatoms. The summed E-state index contributed by atoms with van der Waals surface area (Å²) < 4.78 is 43.8. The van der Waals surface area contributed by atoms with Crippen LogP contribution >= 0.6 is 11.8 Å². The first-order chi connectivity index (χ1) is 15.8. The average molecular weight is 491 g/mol. The SMILES string of the molecule is CCN1C(=O)C(C)(C)c2cc(C)c(-c3cc(/C=C4\SC(=O)NC4=O)ccc3OC(F)(F)F)cc21. The van der Waals surface area contributed by atoms with Crippen LogP contribution in [0.4, 0.5) is 23.7 Å². The van der Waals surface area contributed by atoms with Crippen molar-refractivity contribution in [3.8, 4) is 16.9 Å². The lowest BCUT2D eigenvalue weighted by Gasteiger charge is -2.19. The molecule has 6 nitrogen and oxygen atoms in total. The normalized spacial score (nSPS) is 18.5. The van der Waals surface area contributed by atoms with Gasteiger partial charge < -0.3 is 9.64 Å². The van der Waals surface area contributed by atoms with Crippen molar-refractivity contribution >= 4 is 40.6 Å². The summed E-state index contributed by atoms with van der Waals surface area (Å²) in [5.41, 5.74) is 2.37. The van der Waals surface area contributed by atoms with Crippen LogP contribution in [-0.4, -0.2) is 30.0 Å². The smallest absolute Gasteiger partial charge is 0.405 e. The van der Waals surface area contributed by atoms with Gasteiger partial charge in [0.1, 0.15) is 5.75 Å². The number of ether oxygens (including phenoxy) is 1. The number of nitrogens with zero attached hydrogens (tertiary/aromatic N) is 1. The van der Waals surface area contributed by atoms with Crippen molar-refractivity contribution in [3.63, 3.8) is 0 Å². The molecular weight excluding hydrogens is 469 g/mol. The molecule has 0 radical (unpaired) electrons. The number of carbonyl (C=O) groups excluding carboxylic acids is 3. The third-order valence-electron chi connectivity index (χ3n) is 5.86. The first kappa shape index (κ1) is 23.9. The number of aryl methyl sites for hydroxylation is 1. The molecule has 0 saturated carbocycles. The van der Waals surface area contributed by atoms with Crippen molar-refractivity contribution in [2.24, 2.45) is 0 Å². The number of halogens is 3. The van der Waals surface area contributed by atoms with Gasteiger partial charge in [-0.05, 0) is 86.0 Å². The summed E-state index contributed by atoms with van der Waals surface area (Å²) in [4.78, 5) is 38.0. The second kappa shape index (κ2) is 8.19. The number of rotatable bonds is 4. The van der Waals surface area contributed by atoms with Crippen LogP contribution in [0.15, 0.2) is 35.2 Å². The molecule has 1 fully saturated rings. The Hall–Kier alpha value is -3.27. The number of amides is 3. The van der Waals surface area contributed by atoms with E-state index >= 15 is 0 Å². The van der Waals surface area contributed by atoms with E-state index in [0.717, 1.165) is 5.56 Å². The zero-order valence-electron chi connectivity index (χ0n) is 18.8. The number of hydrogen-bond acceptors (Lipinski definition) is 5. The molecule has 4 rings (SSSR count). The molecule has 0 spiro atoms. The predicted octanol–water partition coefficient (Wildman–Crippen LogP) is 5.53. The standard InChI is InChI=1S/C24H21F3N2O4S/c1-5-29-17-11-14(12(2)8-16(17)23(3,4)21(29)31)15-9-13(6-7-18(15)33-24(25,26)27)10-19-20(30)28-22(32)34-19/h6-11H,5H2,1-4H3,(H,28,30,32)/b19-10-. The summed E-state index contributed by atoms with van der Waals surface area (Å²) in [6.45, 7) is 7.64. The monoisotopic (exact) mass is 490 g/mol. The van der Waals surface area contributed by atoms with Gasteiger partial charge in [-0.25, -0.2) is 0 Å². The molecule has 34 heavy (non-hydrogen) atoms. The molecule has 0 bridgehead atoms. The van der Waals surface area contributed by atoms with E-state index < -0.39 is 28.7 Å².